The molecule has 0 aromatic heterocycles. The maximum atomic E-state index is 12.4. The van der Waals surface area contributed by atoms with E-state index >= 15 is 0 Å². The van der Waals surface area contributed by atoms with Crippen molar-refractivity contribution in [3.63, 3.8) is 0 Å². The smallest absolute Gasteiger partial charge is 0.308 e. The Morgan fingerprint density at radius 1 is 1.28 bits per heavy atom. The third-order valence-electron chi connectivity index (χ3n) is 3.85. The Kier molecular flexibility index (Phi) is 3.93. The lowest BCUT2D eigenvalue weighted by Crippen LogP contribution is -2.40. The van der Waals surface area contributed by atoms with Gasteiger partial charge in [-0.2, -0.15) is 0 Å². The van der Waals surface area contributed by atoms with Crippen molar-refractivity contribution < 1.29 is 23.1 Å². The first-order valence-electron chi connectivity index (χ1n) is 6.22. The van der Waals surface area contributed by atoms with Crippen LogP contribution in [-0.2, 0) is 19.6 Å². The van der Waals surface area contributed by atoms with E-state index in [2.05, 4.69) is 0 Å². The fourth-order valence-corrected chi connectivity index (χ4v) is 4.66. The van der Waals surface area contributed by atoms with Crippen LogP contribution in [0.1, 0.15) is 19.8 Å². The molecule has 0 radical (unpaired) electrons. The second-order valence-electron chi connectivity index (χ2n) is 5.10. The lowest BCUT2D eigenvalue weighted by Gasteiger charge is -2.27. The molecule has 2 aliphatic heterocycles. The number of rotatable bonds is 3. The predicted octanol–water partition coefficient (Wildman–Crippen LogP) is 0.148. The van der Waals surface area contributed by atoms with Gasteiger partial charge in [0.1, 0.15) is 0 Å². The molecule has 0 saturated carbocycles. The maximum absolute atomic E-state index is 12.4. The quantitative estimate of drug-likeness (QED) is 0.793. The molecule has 18 heavy (non-hydrogen) atoms. The van der Waals surface area contributed by atoms with Crippen LogP contribution in [0, 0.1) is 11.8 Å². The van der Waals surface area contributed by atoms with Crippen molar-refractivity contribution in [1.29, 1.82) is 0 Å². The second kappa shape index (κ2) is 5.14. The Balaban J connectivity index is 2.09. The summed E-state index contributed by atoms with van der Waals surface area (Å²) in [6, 6.07) is 0. The Morgan fingerprint density at radius 2 is 1.89 bits per heavy atom. The average Bonchev–Trinajstić information content (AvgIpc) is 2.73. The van der Waals surface area contributed by atoms with Gasteiger partial charge in [0.05, 0.1) is 11.2 Å². The predicted molar refractivity (Wildman–Crippen MR) is 64.6 cm³/mol. The zero-order valence-electron chi connectivity index (χ0n) is 10.4. The highest BCUT2D eigenvalue weighted by Crippen LogP contribution is 2.29. The molecule has 2 atom stereocenters. The molecule has 6 nitrogen and oxygen atoms in total. The van der Waals surface area contributed by atoms with E-state index < -0.39 is 27.2 Å². The average molecular weight is 277 g/mol. The normalized spacial score (nSPS) is 31.6. The molecule has 2 saturated heterocycles. The molecule has 0 aromatic rings. The first kappa shape index (κ1) is 13.8. The van der Waals surface area contributed by atoms with Crippen molar-refractivity contribution in [1.82, 2.24) is 4.31 Å². The molecule has 0 amide bonds. The molecule has 2 rings (SSSR count). The van der Waals surface area contributed by atoms with E-state index in [0.717, 1.165) is 0 Å². The number of carboxylic acid groups (broad SMARTS) is 1. The van der Waals surface area contributed by atoms with Crippen LogP contribution in [0.5, 0.6) is 0 Å². The number of hydrogen-bond donors (Lipinski definition) is 1. The van der Waals surface area contributed by atoms with Gasteiger partial charge in [-0.25, -0.2) is 12.7 Å². The van der Waals surface area contributed by atoms with Gasteiger partial charge in [-0.15, -0.1) is 0 Å². The SMILES string of the molecule is CC1CN(S(=O)(=O)C2CCOCC2)CC1C(=O)O. The molecule has 2 unspecified atom stereocenters. The molecule has 0 spiro atoms. The second-order valence-corrected chi connectivity index (χ2v) is 7.31. The lowest BCUT2D eigenvalue weighted by atomic mass is 9.99. The largest absolute Gasteiger partial charge is 0.481 e. The summed E-state index contributed by atoms with van der Waals surface area (Å²) in [7, 11) is -3.37. The van der Waals surface area contributed by atoms with Gasteiger partial charge in [0.2, 0.25) is 10.0 Å². The van der Waals surface area contributed by atoms with Gasteiger partial charge in [0.15, 0.2) is 0 Å². The van der Waals surface area contributed by atoms with Crippen molar-refractivity contribution in [2.75, 3.05) is 26.3 Å². The van der Waals surface area contributed by atoms with Crippen LogP contribution in [0.15, 0.2) is 0 Å². The van der Waals surface area contributed by atoms with Crippen LogP contribution in [0.25, 0.3) is 0 Å². The van der Waals surface area contributed by atoms with Crippen LogP contribution in [0.2, 0.25) is 0 Å². The highest BCUT2D eigenvalue weighted by Gasteiger charge is 2.43. The molecule has 0 aromatic carbocycles. The minimum Gasteiger partial charge on any atom is -0.481 e. The fraction of sp³-hybridized carbons (Fsp3) is 0.909. The molecule has 2 heterocycles. The fourth-order valence-electron chi connectivity index (χ4n) is 2.64. The Hall–Kier alpha value is -0.660. The monoisotopic (exact) mass is 277 g/mol. The van der Waals surface area contributed by atoms with Gasteiger partial charge in [0.25, 0.3) is 0 Å². The molecule has 104 valence electrons. The summed E-state index contributed by atoms with van der Waals surface area (Å²) in [4.78, 5) is 11.0. The Labute approximate surface area is 107 Å². The Morgan fingerprint density at radius 3 is 2.39 bits per heavy atom. The molecule has 1 N–H and O–H groups in total. The van der Waals surface area contributed by atoms with Crippen LogP contribution in [-0.4, -0.2) is 55.4 Å². The number of ether oxygens (including phenoxy) is 1. The topological polar surface area (TPSA) is 83.9 Å². The summed E-state index contributed by atoms with van der Waals surface area (Å²) in [6.07, 6.45) is 1.01. The van der Waals surface area contributed by atoms with E-state index in [4.69, 9.17) is 9.84 Å². The minimum absolute atomic E-state index is 0.107. The number of hydrogen-bond acceptors (Lipinski definition) is 4. The van der Waals surface area contributed by atoms with E-state index in [1.165, 1.54) is 4.31 Å². The molecular formula is C11H19NO5S. The van der Waals surface area contributed by atoms with Crippen LogP contribution >= 0.6 is 0 Å². The van der Waals surface area contributed by atoms with Crippen molar-refractivity contribution in [2.24, 2.45) is 11.8 Å². The van der Waals surface area contributed by atoms with Gasteiger partial charge in [-0.05, 0) is 18.8 Å². The standard InChI is InChI=1S/C11H19NO5S/c1-8-6-12(7-10(8)11(13)14)18(15,16)9-2-4-17-5-3-9/h8-10H,2-7H2,1H3,(H,13,14). The first-order valence-corrected chi connectivity index (χ1v) is 7.72. The van der Waals surface area contributed by atoms with E-state index in [1.807, 2.05) is 0 Å². The summed E-state index contributed by atoms with van der Waals surface area (Å²) in [5.41, 5.74) is 0. The summed E-state index contributed by atoms with van der Waals surface area (Å²) in [5.74, 6) is -1.62. The van der Waals surface area contributed by atoms with Crippen molar-refractivity contribution in [2.45, 2.75) is 25.0 Å². The van der Waals surface area contributed by atoms with Gasteiger partial charge < -0.3 is 9.84 Å². The van der Waals surface area contributed by atoms with Crippen LogP contribution in [0.4, 0.5) is 0 Å². The van der Waals surface area contributed by atoms with Crippen molar-refractivity contribution in [3.05, 3.63) is 0 Å². The molecule has 2 aliphatic rings. The van der Waals surface area contributed by atoms with Crippen molar-refractivity contribution in [3.8, 4) is 0 Å². The highest BCUT2D eigenvalue weighted by atomic mass is 32.2. The van der Waals surface area contributed by atoms with Gasteiger partial charge in [-0.1, -0.05) is 6.92 Å². The highest BCUT2D eigenvalue weighted by molar-refractivity contribution is 7.89. The number of carboxylic acids is 1. The number of aliphatic carboxylic acids is 1. The number of nitrogens with zero attached hydrogens (tertiary/aromatic N) is 1. The summed E-state index contributed by atoms with van der Waals surface area (Å²) in [6.45, 7) is 3.15. The Bertz CT molecular complexity index is 415. The van der Waals surface area contributed by atoms with E-state index in [-0.39, 0.29) is 12.5 Å². The van der Waals surface area contributed by atoms with E-state index in [0.29, 0.717) is 32.6 Å². The lowest BCUT2D eigenvalue weighted by molar-refractivity contribution is -0.142. The maximum Gasteiger partial charge on any atom is 0.308 e. The van der Waals surface area contributed by atoms with Crippen molar-refractivity contribution >= 4 is 16.0 Å². The van der Waals surface area contributed by atoms with E-state index in [1.54, 1.807) is 6.92 Å². The molecular weight excluding hydrogens is 258 g/mol. The summed E-state index contributed by atoms with van der Waals surface area (Å²) < 4.78 is 31.3. The number of carbonyl (C=O) groups is 1. The third-order valence-corrected chi connectivity index (χ3v) is 6.18. The number of sulfonamides is 1. The van der Waals surface area contributed by atoms with E-state index in [9.17, 15) is 13.2 Å². The zero-order valence-corrected chi connectivity index (χ0v) is 11.2. The van der Waals surface area contributed by atoms with Crippen LogP contribution < -0.4 is 0 Å². The molecule has 7 heteroatoms. The zero-order chi connectivity index (χ0) is 13.3. The third kappa shape index (κ3) is 2.53. The minimum atomic E-state index is -3.37. The summed E-state index contributed by atoms with van der Waals surface area (Å²) >= 11 is 0. The van der Waals surface area contributed by atoms with Gasteiger partial charge in [-0.3, -0.25) is 4.79 Å². The van der Waals surface area contributed by atoms with Gasteiger partial charge in [0, 0.05) is 26.3 Å². The molecule has 0 bridgehead atoms. The molecule has 2 fully saturated rings. The van der Waals surface area contributed by atoms with Gasteiger partial charge >= 0.3 is 5.97 Å². The first-order chi connectivity index (χ1) is 8.43. The molecule has 0 aliphatic carbocycles. The summed E-state index contributed by atoms with van der Waals surface area (Å²) in [5, 5.41) is 8.62. The van der Waals surface area contributed by atoms with Crippen LogP contribution in [0.3, 0.4) is 0 Å².